The van der Waals surface area contributed by atoms with Gasteiger partial charge in [-0.25, -0.2) is 0 Å². The van der Waals surface area contributed by atoms with Gasteiger partial charge in [0.2, 0.25) is 0 Å². The molecular weight excluding hydrogens is 279 g/mol. The maximum Gasteiger partial charge on any atom is 0.143 e. The second-order valence-electron chi connectivity index (χ2n) is 4.26. The van der Waals surface area contributed by atoms with Crippen molar-refractivity contribution in [1.82, 2.24) is 0 Å². The van der Waals surface area contributed by atoms with E-state index < -0.39 is 0 Å². The lowest BCUT2D eigenvalue weighted by Gasteiger charge is -2.13. The van der Waals surface area contributed by atoms with E-state index in [0.29, 0.717) is 10.4 Å². The van der Waals surface area contributed by atoms with Crippen LogP contribution in [0.15, 0.2) is 54.6 Å². The number of phenolic OH excluding ortho intramolecular Hbond substituents is 1. The maximum absolute atomic E-state index is 10.1. The van der Waals surface area contributed by atoms with Crippen molar-refractivity contribution in [2.24, 2.45) is 0 Å². The van der Waals surface area contributed by atoms with Gasteiger partial charge in [-0.05, 0) is 10.9 Å². The van der Waals surface area contributed by atoms with Gasteiger partial charge in [0, 0.05) is 10.9 Å². The number of rotatable bonds is 1. The Morgan fingerprint density at radius 1 is 0.684 bits per heavy atom. The molecule has 0 spiro atoms. The Bertz CT molecular complexity index is 752. The highest BCUT2D eigenvalue weighted by Gasteiger charge is 2.17. The van der Waals surface area contributed by atoms with E-state index in [0.717, 1.165) is 16.5 Å². The molecule has 1 nitrogen and oxygen atoms in total. The molecule has 0 aliphatic rings. The first-order valence-electron chi connectivity index (χ1n) is 5.84. The van der Waals surface area contributed by atoms with Crippen LogP contribution in [0.5, 0.6) is 5.75 Å². The van der Waals surface area contributed by atoms with Crippen molar-refractivity contribution in [1.29, 1.82) is 0 Å². The zero-order valence-corrected chi connectivity index (χ0v) is 11.4. The SMILES string of the molecule is Oc1c(Cl)c(Cl)c(-c2ccccc2)c2ccccc12. The molecule has 0 saturated heterocycles. The zero-order valence-electron chi connectivity index (χ0n) is 9.90. The van der Waals surface area contributed by atoms with Crippen LogP contribution in [0.4, 0.5) is 0 Å². The van der Waals surface area contributed by atoms with Crippen molar-refractivity contribution in [3.63, 3.8) is 0 Å². The predicted molar refractivity (Wildman–Crippen MR) is 81.1 cm³/mol. The molecule has 0 unspecified atom stereocenters. The molecule has 0 fully saturated rings. The van der Waals surface area contributed by atoms with Gasteiger partial charge < -0.3 is 5.11 Å². The maximum atomic E-state index is 10.1. The minimum atomic E-state index is 0.0296. The molecular formula is C16H10Cl2O. The molecule has 1 N–H and O–H groups in total. The number of hydrogen-bond acceptors (Lipinski definition) is 1. The molecule has 0 aromatic heterocycles. The van der Waals surface area contributed by atoms with Gasteiger partial charge in [0.15, 0.2) is 0 Å². The Balaban J connectivity index is 2.48. The first-order chi connectivity index (χ1) is 9.20. The van der Waals surface area contributed by atoms with E-state index in [1.54, 1.807) is 0 Å². The number of phenols is 1. The van der Waals surface area contributed by atoms with Crippen molar-refractivity contribution >= 4 is 34.0 Å². The van der Waals surface area contributed by atoms with E-state index in [2.05, 4.69) is 0 Å². The number of halogens is 2. The summed E-state index contributed by atoms with van der Waals surface area (Å²) < 4.78 is 0. The van der Waals surface area contributed by atoms with Crippen molar-refractivity contribution in [2.75, 3.05) is 0 Å². The molecule has 3 aromatic carbocycles. The molecule has 3 heteroatoms. The minimum Gasteiger partial charge on any atom is -0.506 e. The average molecular weight is 289 g/mol. The van der Waals surface area contributed by atoms with E-state index in [1.807, 2.05) is 54.6 Å². The Kier molecular flexibility index (Phi) is 3.09. The predicted octanol–water partition coefficient (Wildman–Crippen LogP) is 5.52. The molecule has 3 aromatic rings. The first-order valence-corrected chi connectivity index (χ1v) is 6.60. The zero-order chi connectivity index (χ0) is 13.4. The van der Waals surface area contributed by atoms with Crippen LogP contribution in [0.3, 0.4) is 0 Å². The third kappa shape index (κ3) is 1.95. The summed E-state index contributed by atoms with van der Waals surface area (Å²) >= 11 is 12.4. The van der Waals surface area contributed by atoms with E-state index in [9.17, 15) is 5.11 Å². The highest BCUT2D eigenvalue weighted by atomic mass is 35.5. The fraction of sp³-hybridized carbons (Fsp3) is 0. The van der Waals surface area contributed by atoms with Gasteiger partial charge in [-0.3, -0.25) is 0 Å². The van der Waals surface area contributed by atoms with E-state index in [-0.39, 0.29) is 10.8 Å². The summed E-state index contributed by atoms with van der Waals surface area (Å²) in [6.45, 7) is 0. The standard InChI is InChI=1S/C16H10Cl2O/c17-14-13(10-6-2-1-3-7-10)11-8-4-5-9-12(11)16(19)15(14)18/h1-9,19H. The molecule has 0 atom stereocenters. The molecule has 0 radical (unpaired) electrons. The summed E-state index contributed by atoms with van der Waals surface area (Å²) in [6, 6.07) is 17.3. The third-order valence-corrected chi connectivity index (χ3v) is 3.98. The van der Waals surface area contributed by atoms with Crippen LogP contribution in [0, 0.1) is 0 Å². The monoisotopic (exact) mass is 288 g/mol. The van der Waals surface area contributed by atoms with Crippen LogP contribution in [0.25, 0.3) is 21.9 Å². The lowest BCUT2D eigenvalue weighted by molar-refractivity contribution is 0.482. The number of aromatic hydroxyl groups is 1. The molecule has 0 bridgehead atoms. The smallest absolute Gasteiger partial charge is 0.143 e. The summed E-state index contributed by atoms with van der Waals surface area (Å²) in [5, 5.41) is 12.3. The van der Waals surface area contributed by atoms with Crippen LogP contribution >= 0.6 is 23.2 Å². The van der Waals surface area contributed by atoms with E-state index in [1.165, 1.54) is 0 Å². The second kappa shape index (κ2) is 4.76. The minimum absolute atomic E-state index is 0.0296. The van der Waals surface area contributed by atoms with Crippen LogP contribution < -0.4 is 0 Å². The molecule has 0 heterocycles. The molecule has 0 aliphatic heterocycles. The second-order valence-corrected chi connectivity index (χ2v) is 5.02. The quantitative estimate of drug-likeness (QED) is 0.625. The van der Waals surface area contributed by atoms with Gasteiger partial charge in [0.25, 0.3) is 0 Å². The third-order valence-electron chi connectivity index (χ3n) is 3.13. The molecule has 0 saturated carbocycles. The van der Waals surface area contributed by atoms with E-state index in [4.69, 9.17) is 23.2 Å². The highest BCUT2D eigenvalue weighted by molar-refractivity contribution is 6.46. The number of fused-ring (bicyclic) bond motifs is 1. The van der Waals surface area contributed by atoms with Crippen LogP contribution in [-0.2, 0) is 0 Å². The molecule has 3 rings (SSSR count). The van der Waals surface area contributed by atoms with E-state index >= 15 is 0 Å². The van der Waals surface area contributed by atoms with Crippen molar-refractivity contribution < 1.29 is 5.11 Å². The number of benzene rings is 3. The molecule has 0 amide bonds. The van der Waals surface area contributed by atoms with Gasteiger partial charge in [-0.15, -0.1) is 0 Å². The fourth-order valence-corrected chi connectivity index (χ4v) is 2.74. The van der Waals surface area contributed by atoms with Crippen molar-refractivity contribution in [2.45, 2.75) is 0 Å². The lowest BCUT2D eigenvalue weighted by Crippen LogP contribution is -1.86. The average Bonchev–Trinajstić information content (AvgIpc) is 2.46. The van der Waals surface area contributed by atoms with Gasteiger partial charge in [0.1, 0.15) is 10.8 Å². The Labute approximate surface area is 121 Å². The summed E-state index contributed by atoms with van der Waals surface area (Å²) in [4.78, 5) is 0. The lowest BCUT2D eigenvalue weighted by atomic mass is 9.97. The van der Waals surface area contributed by atoms with Crippen LogP contribution in [0.2, 0.25) is 10.0 Å². The van der Waals surface area contributed by atoms with Gasteiger partial charge in [0.05, 0.1) is 5.02 Å². The Morgan fingerprint density at radius 3 is 1.95 bits per heavy atom. The summed E-state index contributed by atoms with van der Waals surface area (Å²) in [5.41, 5.74) is 1.83. The van der Waals surface area contributed by atoms with Crippen LogP contribution in [-0.4, -0.2) is 5.11 Å². The summed E-state index contributed by atoms with van der Waals surface area (Å²) in [6.07, 6.45) is 0. The largest absolute Gasteiger partial charge is 0.506 e. The van der Waals surface area contributed by atoms with Gasteiger partial charge in [-0.2, -0.15) is 0 Å². The molecule has 94 valence electrons. The Morgan fingerprint density at radius 2 is 1.26 bits per heavy atom. The van der Waals surface area contributed by atoms with Crippen molar-refractivity contribution in [3.8, 4) is 16.9 Å². The number of hydrogen-bond donors (Lipinski definition) is 1. The highest BCUT2D eigenvalue weighted by Crippen LogP contribution is 2.45. The normalized spacial score (nSPS) is 10.8. The molecule has 19 heavy (non-hydrogen) atoms. The van der Waals surface area contributed by atoms with Gasteiger partial charge in [-0.1, -0.05) is 77.8 Å². The molecule has 0 aliphatic carbocycles. The summed E-state index contributed by atoms with van der Waals surface area (Å²) in [7, 11) is 0. The van der Waals surface area contributed by atoms with Gasteiger partial charge >= 0.3 is 0 Å². The fourth-order valence-electron chi connectivity index (χ4n) is 2.24. The van der Waals surface area contributed by atoms with Crippen LogP contribution in [0.1, 0.15) is 0 Å². The Hall–Kier alpha value is -1.70. The summed E-state index contributed by atoms with van der Waals surface area (Å²) in [5.74, 6) is 0.0296. The first kappa shape index (κ1) is 12.3. The topological polar surface area (TPSA) is 20.2 Å². The van der Waals surface area contributed by atoms with Crippen molar-refractivity contribution in [3.05, 3.63) is 64.6 Å².